The number of nitrogens with one attached hydrogen (secondary N) is 1. The third-order valence-corrected chi connectivity index (χ3v) is 2.94. The number of ether oxygens (including phenoxy) is 1. The van der Waals surface area contributed by atoms with Crippen LogP contribution in [0.2, 0.25) is 0 Å². The predicted molar refractivity (Wildman–Crippen MR) is 84.1 cm³/mol. The van der Waals surface area contributed by atoms with E-state index in [1.54, 1.807) is 36.4 Å². The fourth-order valence-corrected chi connectivity index (χ4v) is 1.83. The molecule has 2 rings (SSSR count). The maximum Gasteiger partial charge on any atom is 0.307 e. The summed E-state index contributed by atoms with van der Waals surface area (Å²) >= 11 is 0. The van der Waals surface area contributed by atoms with Gasteiger partial charge in [0.15, 0.2) is 12.4 Å². The number of amides is 2. The van der Waals surface area contributed by atoms with Crippen LogP contribution in [0.5, 0.6) is 5.75 Å². The lowest BCUT2D eigenvalue weighted by atomic mass is 10.1. The van der Waals surface area contributed by atoms with E-state index in [1.165, 1.54) is 6.26 Å². The largest absolute Gasteiger partial charge is 0.484 e. The van der Waals surface area contributed by atoms with Gasteiger partial charge in [0.1, 0.15) is 5.75 Å². The molecule has 0 atom stereocenters. The molecule has 0 aliphatic heterocycles. The molecule has 0 aliphatic carbocycles. The van der Waals surface area contributed by atoms with Crippen molar-refractivity contribution in [1.82, 2.24) is 5.43 Å². The first kappa shape index (κ1) is 16.3. The van der Waals surface area contributed by atoms with Crippen molar-refractivity contribution in [2.75, 3.05) is 6.61 Å². The standard InChI is InChI=1S/C16H17N3O4/c1-2-13(18-19-16(21)14-4-3-9-22-14)11-5-7-12(8-6-11)23-10-15(17)20/h3-9H,2,10H2,1H3,(H2,17,20)(H,19,21)/b18-13-. The number of hydrogen-bond donors (Lipinski definition) is 2. The zero-order chi connectivity index (χ0) is 16.7. The Morgan fingerprint density at radius 1 is 1.26 bits per heavy atom. The topological polar surface area (TPSA) is 107 Å². The summed E-state index contributed by atoms with van der Waals surface area (Å²) in [5.41, 5.74) is 9.00. The average Bonchev–Trinajstić information content (AvgIpc) is 3.09. The van der Waals surface area contributed by atoms with E-state index in [0.717, 1.165) is 5.56 Å². The van der Waals surface area contributed by atoms with Gasteiger partial charge in [-0.2, -0.15) is 5.10 Å². The number of rotatable bonds is 7. The van der Waals surface area contributed by atoms with Crippen LogP contribution in [0.3, 0.4) is 0 Å². The molecule has 1 heterocycles. The Morgan fingerprint density at radius 3 is 2.57 bits per heavy atom. The van der Waals surface area contributed by atoms with Crippen LogP contribution in [0.4, 0.5) is 0 Å². The molecule has 0 spiro atoms. The van der Waals surface area contributed by atoms with Gasteiger partial charge in [0.25, 0.3) is 5.91 Å². The van der Waals surface area contributed by atoms with E-state index < -0.39 is 11.8 Å². The quantitative estimate of drug-likeness (QED) is 0.599. The molecule has 1 aromatic heterocycles. The van der Waals surface area contributed by atoms with Crippen molar-refractivity contribution in [3.63, 3.8) is 0 Å². The van der Waals surface area contributed by atoms with Crippen molar-refractivity contribution in [1.29, 1.82) is 0 Å². The van der Waals surface area contributed by atoms with E-state index in [-0.39, 0.29) is 12.4 Å². The van der Waals surface area contributed by atoms with Crippen LogP contribution in [-0.4, -0.2) is 24.1 Å². The lowest BCUT2D eigenvalue weighted by Gasteiger charge is -2.07. The van der Waals surface area contributed by atoms with Crippen LogP contribution in [0.1, 0.15) is 29.5 Å². The van der Waals surface area contributed by atoms with Crippen LogP contribution in [0.25, 0.3) is 0 Å². The number of nitrogens with zero attached hydrogens (tertiary/aromatic N) is 1. The number of furan rings is 1. The van der Waals surface area contributed by atoms with Crippen LogP contribution in [0, 0.1) is 0 Å². The van der Waals surface area contributed by atoms with Crippen molar-refractivity contribution < 1.29 is 18.7 Å². The van der Waals surface area contributed by atoms with Crippen LogP contribution in [-0.2, 0) is 4.79 Å². The molecule has 7 nitrogen and oxygen atoms in total. The normalized spacial score (nSPS) is 11.1. The Balaban J connectivity index is 2.03. The molecule has 23 heavy (non-hydrogen) atoms. The first-order valence-corrected chi connectivity index (χ1v) is 7.02. The van der Waals surface area contributed by atoms with Gasteiger partial charge in [0.05, 0.1) is 12.0 Å². The van der Waals surface area contributed by atoms with Gasteiger partial charge >= 0.3 is 5.91 Å². The number of benzene rings is 1. The van der Waals surface area contributed by atoms with Crippen LogP contribution in [0.15, 0.2) is 52.2 Å². The summed E-state index contributed by atoms with van der Waals surface area (Å²) in [6, 6.07) is 10.2. The molecule has 0 unspecified atom stereocenters. The minimum absolute atomic E-state index is 0.173. The van der Waals surface area contributed by atoms with Gasteiger partial charge in [0, 0.05) is 0 Å². The lowest BCUT2D eigenvalue weighted by Crippen LogP contribution is -2.20. The molecular weight excluding hydrogens is 298 g/mol. The summed E-state index contributed by atoms with van der Waals surface area (Å²) in [6.45, 7) is 1.75. The van der Waals surface area contributed by atoms with Gasteiger partial charge in [-0.3, -0.25) is 9.59 Å². The third-order valence-electron chi connectivity index (χ3n) is 2.94. The smallest absolute Gasteiger partial charge is 0.307 e. The first-order valence-electron chi connectivity index (χ1n) is 7.02. The maximum atomic E-state index is 11.8. The molecule has 0 radical (unpaired) electrons. The monoisotopic (exact) mass is 315 g/mol. The Hall–Kier alpha value is -3.09. The highest BCUT2D eigenvalue weighted by Gasteiger charge is 2.08. The molecule has 3 N–H and O–H groups in total. The van der Waals surface area contributed by atoms with Gasteiger partial charge in [-0.05, 0) is 48.4 Å². The predicted octanol–water partition coefficient (Wildman–Crippen LogP) is 1.69. The summed E-state index contributed by atoms with van der Waals surface area (Å²) in [4.78, 5) is 22.5. The van der Waals surface area contributed by atoms with Crippen molar-refractivity contribution >= 4 is 17.5 Å². The Labute approximate surface area is 133 Å². The molecule has 7 heteroatoms. The SMILES string of the molecule is CC/C(=N/NC(=O)c1ccco1)c1ccc(OCC(N)=O)cc1. The summed E-state index contributed by atoms with van der Waals surface area (Å²) < 4.78 is 10.2. The third kappa shape index (κ3) is 4.70. The number of hydrazone groups is 1. The Morgan fingerprint density at radius 2 is 2.00 bits per heavy atom. The van der Waals surface area contributed by atoms with Crippen LogP contribution < -0.4 is 15.9 Å². The minimum Gasteiger partial charge on any atom is -0.484 e. The highest BCUT2D eigenvalue weighted by molar-refractivity contribution is 6.01. The van der Waals surface area contributed by atoms with E-state index in [4.69, 9.17) is 14.9 Å². The second kappa shape index (κ2) is 7.79. The van der Waals surface area contributed by atoms with E-state index >= 15 is 0 Å². The minimum atomic E-state index is -0.537. The summed E-state index contributed by atoms with van der Waals surface area (Å²) in [6.07, 6.45) is 2.05. The van der Waals surface area contributed by atoms with Gasteiger partial charge in [-0.1, -0.05) is 6.92 Å². The first-order chi connectivity index (χ1) is 11.1. The van der Waals surface area contributed by atoms with Gasteiger partial charge < -0.3 is 14.9 Å². The maximum absolute atomic E-state index is 11.8. The Bertz CT molecular complexity index is 691. The second-order valence-corrected chi connectivity index (χ2v) is 4.61. The molecular formula is C16H17N3O4. The second-order valence-electron chi connectivity index (χ2n) is 4.61. The van der Waals surface area contributed by atoms with Crippen LogP contribution >= 0.6 is 0 Å². The van der Waals surface area contributed by atoms with Crippen molar-refractivity contribution in [2.24, 2.45) is 10.8 Å². The van der Waals surface area contributed by atoms with Crippen molar-refractivity contribution in [3.05, 3.63) is 54.0 Å². The average molecular weight is 315 g/mol. The van der Waals surface area contributed by atoms with E-state index in [1.807, 2.05) is 6.92 Å². The lowest BCUT2D eigenvalue weighted by molar-refractivity contribution is -0.119. The van der Waals surface area contributed by atoms with Gasteiger partial charge in [0.2, 0.25) is 0 Å². The molecule has 0 fully saturated rings. The molecule has 0 saturated carbocycles. The number of carbonyl (C=O) groups is 2. The van der Waals surface area contributed by atoms with E-state index in [2.05, 4.69) is 10.5 Å². The number of primary amides is 1. The fraction of sp³-hybridized carbons (Fsp3) is 0.188. The molecule has 0 bridgehead atoms. The van der Waals surface area contributed by atoms with Crippen molar-refractivity contribution in [3.8, 4) is 5.75 Å². The summed E-state index contributed by atoms with van der Waals surface area (Å²) in [5.74, 6) is -0.227. The summed E-state index contributed by atoms with van der Waals surface area (Å²) in [5, 5.41) is 4.11. The molecule has 2 aromatic rings. The molecule has 0 aliphatic rings. The molecule has 0 saturated heterocycles. The number of nitrogens with two attached hydrogens (primary N) is 1. The fourth-order valence-electron chi connectivity index (χ4n) is 1.83. The zero-order valence-electron chi connectivity index (χ0n) is 12.6. The Kier molecular flexibility index (Phi) is 5.51. The number of hydrogen-bond acceptors (Lipinski definition) is 5. The highest BCUT2D eigenvalue weighted by Crippen LogP contribution is 2.14. The molecule has 120 valence electrons. The number of carbonyl (C=O) groups excluding carboxylic acids is 2. The van der Waals surface area contributed by atoms with Crippen molar-refractivity contribution in [2.45, 2.75) is 13.3 Å². The highest BCUT2D eigenvalue weighted by atomic mass is 16.5. The summed E-state index contributed by atoms with van der Waals surface area (Å²) in [7, 11) is 0. The van der Waals surface area contributed by atoms with Gasteiger partial charge in [-0.25, -0.2) is 5.43 Å². The van der Waals surface area contributed by atoms with E-state index in [9.17, 15) is 9.59 Å². The van der Waals surface area contributed by atoms with Gasteiger partial charge in [-0.15, -0.1) is 0 Å². The molecule has 1 aromatic carbocycles. The van der Waals surface area contributed by atoms with E-state index in [0.29, 0.717) is 17.9 Å². The zero-order valence-corrected chi connectivity index (χ0v) is 12.6. The molecule has 2 amide bonds.